The summed E-state index contributed by atoms with van der Waals surface area (Å²) in [6.45, 7) is 3.48. The Balaban J connectivity index is 1.28. The predicted octanol–water partition coefficient (Wildman–Crippen LogP) is 1.91. The van der Waals surface area contributed by atoms with E-state index in [1.807, 2.05) is 12.1 Å². The highest BCUT2D eigenvalue weighted by atomic mass is 16.6. The molecule has 7 nitrogen and oxygen atoms in total. The number of ether oxygens (including phenoxy) is 2. The van der Waals surface area contributed by atoms with Crippen molar-refractivity contribution in [2.24, 2.45) is 5.92 Å². The van der Waals surface area contributed by atoms with E-state index in [0.717, 1.165) is 38.0 Å². The number of piperidine rings is 1. The molecule has 1 amide bonds. The van der Waals surface area contributed by atoms with Crippen molar-refractivity contribution >= 4 is 5.91 Å². The van der Waals surface area contributed by atoms with E-state index in [2.05, 4.69) is 39.5 Å². The molecular weight excluding hydrogens is 370 g/mol. The number of rotatable bonds is 6. The fourth-order valence-electron chi connectivity index (χ4n) is 3.85. The summed E-state index contributed by atoms with van der Waals surface area (Å²) >= 11 is 0. The van der Waals surface area contributed by atoms with E-state index in [-0.39, 0.29) is 24.5 Å². The van der Waals surface area contributed by atoms with Gasteiger partial charge < -0.3 is 19.9 Å². The van der Waals surface area contributed by atoms with Gasteiger partial charge in [-0.2, -0.15) is 0 Å². The first-order valence-electron chi connectivity index (χ1n) is 10.2. The average Bonchev–Trinajstić information content (AvgIpc) is 2.78. The normalized spacial score (nSPS) is 19.7. The van der Waals surface area contributed by atoms with Gasteiger partial charge in [0.15, 0.2) is 11.9 Å². The van der Waals surface area contributed by atoms with Crippen LogP contribution >= 0.6 is 0 Å². The number of aliphatic hydroxyl groups excluding tert-OH is 1. The molecule has 1 aromatic carbocycles. The minimum Gasteiger partial charge on any atom is -0.484 e. The first-order chi connectivity index (χ1) is 14.2. The van der Waals surface area contributed by atoms with E-state index >= 15 is 0 Å². The van der Waals surface area contributed by atoms with Gasteiger partial charge in [-0.15, -0.1) is 0 Å². The Kier molecular flexibility index (Phi) is 6.27. The molecule has 1 atom stereocenters. The molecule has 2 aliphatic heterocycles. The molecule has 29 heavy (non-hydrogen) atoms. The quantitative estimate of drug-likeness (QED) is 0.775. The Morgan fingerprint density at radius 1 is 1.21 bits per heavy atom. The van der Waals surface area contributed by atoms with Gasteiger partial charge in [0.2, 0.25) is 5.91 Å². The lowest BCUT2D eigenvalue weighted by Gasteiger charge is -2.31. The summed E-state index contributed by atoms with van der Waals surface area (Å²) in [5.41, 5.74) is 2.32. The topological polar surface area (TPSA) is 83.9 Å². The molecule has 2 N–H and O–H groups in total. The summed E-state index contributed by atoms with van der Waals surface area (Å²) in [6, 6.07) is 12.1. The minimum atomic E-state index is -0.153. The van der Waals surface area contributed by atoms with Gasteiger partial charge in [0, 0.05) is 25.2 Å². The molecule has 154 valence electrons. The highest BCUT2D eigenvalue weighted by Crippen LogP contribution is 2.34. The first kappa shape index (κ1) is 19.7. The Hall–Kier alpha value is -2.64. The average molecular weight is 397 g/mol. The molecule has 2 aromatic rings. The van der Waals surface area contributed by atoms with Crippen LogP contribution in [0.3, 0.4) is 0 Å². The number of carbonyl (C=O) groups excluding carboxylic acids is 1. The Morgan fingerprint density at radius 3 is 2.76 bits per heavy atom. The number of amides is 1. The van der Waals surface area contributed by atoms with Crippen LogP contribution in [0.4, 0.5) is 0 Å². The maximum Gasteiger partial charge on any atom is 0.257 e. The highest BCUT2D eigenvalue weighted by molar-refractivity contribution is 5.78. The summed E-state index contributed by atoms with van der Waals surface area (Å²) in [7, 11) is 0. The molecular formula is C22H27N3O4. The van der Waals surface area contributed by atoms with Crippen LogP contribution < -0.4 is 14.8 Å². The minimum absolute atomic E-state index is 0.0123. The van der Waals surface area contributed by atoms with Crippen LogP contribution in [0.2, 0.25) is 0 Å². The highest BCUT2D eigenvalue weighted by Gasteiger charge is 2.25. The lowest BCUT2D eigenvalue weighted by Crippen LogP contribution is -2.40. The molecule has 4 rings (SSSR count). The fourth-order valence-corrected chi connectivity index (χ4v) is 3.85. The number of benzene rings is 1. The number of nitrogens with one attached hydrogen (secondary N) is 1. The molecule has 0 aliphatic carbocycles. The molecule has 1 fully saturated rings. The Morgan fingerprint density at radius 2 is 2.00 bits per heavy atom. The number of carbonyl (C=O) groups is 1. The monoisotopic (exact) mass is 397 g/mol. The van der Waals surface area contributed by atoms with E-state index < -0.39 is 0 Å². The first-order valence-corrected chi connectivity index (χ1v) is 10.2. The molecule has 3 heterocycles. The van der Waals surface area contributed by atoms with Crippen molar-refractivity contribution in [3.63, 3.8) is 0 Å². The molecule has 0 radical (unpaired) electrons. The van der Waals surface area contributed by atoms with E-state index in [1.54, 1.807) is 6.20 Å². The largest absolute Gasteiger partial charge is 0.484 e. The van der Waals surface area contributed by atoms with Gasteiger partial charge in [-0.25, -0.2) is 4.98 Å². The van der Waals surface area contributed by atoms with E-state index in [0.29, 0.717) is 24.8 Å². The number of hydrogen-bond donors (Lipinski definition) is 2. The zero-order chi connectivity index (χ0) is 20.1. The maximum absolute atomic E-state index is 12.0. The number of aromatic nitrogens is 1. The molecule has 0 spiro atoms. The van der Waals surface area contributed by atoms with Crippen molar-refractivity contribution in [3.8, 4) is 11.6 Å². The Bertz CT molecular complexity index is 819. The number of likely N-dealkylation sites (tertiary alicyclic amines) is 1. The number of nitrogens with zero attached hydrogens (tertiary/aromatic N) is 2. The number of pyridine rings is 1. The molecule has 0 bridgehead atoms. The second kappa shape index (κ2) is 9.24. The van der Waals surface area contributed by atoms with Crippen molar-refractivity contribution in [2.75, 3.05) is 32.8 Å². The maximum atomic E-state index is 12.0. The number of hydrogen-bond acceptors (Lipinski definition) is 6. The van der Waals surface area contributed by atoms with Crippen LogP contribution in [-0.4, -0.2) is 53.7 Å². The third-order valence-corrected chi connectivity index (χ3v) is 5.51. The second-order valence-electron chi connectivity index (χ2n) is 7.53. The van der Waals surface area contributed by atoms with E-state index in [4.69, 9.17) is 14.6 Å². The van der Waals surface area contributed by atoms with Crippen molar-refractivity contribution in [1.82, 2.24) is 15.2 Å². The molecule has 2 aliphatic rings. The van der Waals surface area contributed by atoms with Gasteiger partial charge in [-0.3, -0.25) is 9.69 Å². The van der Waals surface area contributed by atoms with Crippen molar-refractivity contribution in [2.45, 2.75) is 25.5 Å². The summed E-state index contributed by atoms with van der Waals surface area (Å²) < 4.78 is 11.7. The van der Waals surface area contributed by atoms with Gasteiger partial charge in [0.1, 0.15) is 6.61 Å². The van der Waals surface area contributed by atoms with E-state index in [1.165, 1.54) is 5.56 Å². The SMILES string of the molecule is O=C(NCCO)C1CCN(Cc2ccc([C@H]3COc4cccnc4O3)cc2)CC1. The predicted molar refractivity (Wildman–Crippen MR) is 108 cm³/mol. The molecule has 0 saturated carbocycles. The number of fused-ring (bicyclic) bond motifs is 1. The van der Waals surface area contributed by atoms with Crippen LogP contribution in [0.25, 0.3) is 0 Å². The van der Waals surface area contributed by atoms with Crippen LogP contribution in [-0.2, 0) is 11.3 Å². The standard InChI is InChI=1S/C22H27N3O4/c26-13-10-23-21(27)18-7-11-25(12-8-18)14-16-3-5-17(6-4-16)20-15-28-19-2-1-9-24-22(19)29-20/h1-6,9,18,20,26H,7-8,10-15H2,(H,23,27)/t20-/m1/s1. The zero-order valence-corrected chi connectivity index (χ0v) is 16.4. The zero-order valence-electron chi connectivity index (χ0n) is 16.4. The third-order valence-electron chi connectivity index (χ3n) is 5.51. The molecule has 7 heteroatoms. The molecule has 0 unspecified atom stereocenters. The van der Waals surface area contributed by atoms with E-state index in [9.17, 15) is 4.79 Å². The molecule has 1 aromatic heterocycles. The van der Waals surface area contributed by atoms with Crippen molar-refractivity contribution in [3.05, 3.63) is 53.7 Å². The van der Waals surface area contributed by atoms with Gasteiger partial charge in [0.25, 0.3) is 5.88 Å². The smallest absolute Gasteiger partial charge is 0.257 e. The second-order valence-corrected chi connectivity index (χ2v) is 7.53. The fraction of sp³-hybridized carbons (Fsp3) is 0.455. The van der Waals surface area contributed by atoms with Gasteiger partial charge in [-0.05, 0) is 49.2 Å². The number of aliphatic hydroxyl groups is 1. The Labute approximate surface area is 170 Å². The summed E-state index contributed by atoms with van der Waals surface area (Å²) in [6.07, 6.45) is 3.26. The lowest BCUT2D eigenvalue weighted by molar-refractivity contribution is -0.126. The summed E-state index contributed by atoms with van der Waals surface area (Å²) in [4.78, 5) is 18.6. The summed E-state index contributed by atoms with van der Waals surface area (Å²) in [5.74, 6) is 1.35. The summed E-state index contributed by atoms with van der Waals surface area (Å²) in [5, 5.41) is 11.6. The van der Waals surface area contributed by atoms with Gasteiger partial charge in [-0.1, -0.05) is 24.3 Å². The van der Waals surface area contributed by atoms with Crippen LogP contribution in [0.1, 0.15) is 30.1 Å². The third kappa shape index (κ3) is 4.86. The van der Waals surface area contributed by atoms with Crippen LogP contribution in [0.5, 0.6) is 11.6 Å². The van der Waals surface area contributed by atoms with Gasteiger partial charge in [0.05, 0.1) is 6.61 Å². The van der Waals surface area contributed by atoms with Crippen molar-refractivity contribution < 1.29 is 19.4 Å². The van der Waals surface area contributed by atoms with Gasteiger partial charge >= 0.3 is 0 Å². The van der Waals surface area contributed by atoms with Crippen molar-refractivity contribution in [1.29, 1.82) is 0 Å². The van der Waals surface area contributed by atoms with Crippen LogP contribution in [0.15, 0.2) is 42.6 Å². The van der Waals surface area contributed by atoms with Crippen LogP contribution in [0, 0.1) is 5.92 Å². The molecule has 1 saturated heterocycles. The lowest BCUT2D eigenvalue weighted by atomic mass is 9.95.